The fourth-order valence-electron chi connectivity index (χ4n) is 5.90. The SMILES string of the molecule is CC(C)(c1ccc(Oc2ccc(NOCc3c(Cl)ccc(Cl)c3COO)cc2)cc1)c1ccc(Oc2ccc(NC(=O)c3c(Cl)ccc(Cl)c3C(=O)O)cc2)cc1. The molecule has 292 valence electrons. The Bertz CT molecular complexity index is 2370. The van der Waals surface area contributed by atoms with Gasteiger partial charge < -0.3 is 19.9 Å². The second-order valence-electron chi connectivity index (χ2n) is 13.1. The molecule has 14 heteroatoms. The molecule has 0 bridgehead atoms. The lowest BCUT2D eigenvalue weighted by Crippen LogP contribution is -2.18. The molecular weight excluding hydrogens is 814 g/mol. The summed E-state index contributed by atoms with van der Waals surface area (Å²) in [6.45, 7) is 4.23. The van der Waals surface area contributed by atoms with Crippen molar-refractivity contribution < 1.29 is 39.2 Å². The third kappa shape index (κ3) is 9.99. The molecule has 6 aromatic rings. The van der Waals surface area contributed by atoms with Crippen molar-refractivity contribution in [2.45, 2.75) is 32.5 Å². The molecule has 0 aromatic heterocycles. The lowest BCUT2D eigenvalue weighted by atomic mass is 9.78. The molecule has 0 aliphatic heterocycles. The van der Waals surface area contributed by atoms with Crippen LogP contribution in [0.25, 0.3) is 0 Å². The van der Waals surface area contributed by atoms with E-state index in [9.17, 15) is 14.7 Å². The van der Waals surface area contributed by atoms with Gasteiger partial charge in [0, 0.05) is 32.3 Å². The Balaban J connectivity index is 1.01. The Morgan fingerprint density at radius 1 is 0.561 bits per heavy atom. The number of nitrogens with one attached hydrogen (secondary N) is 2. The Labute approximate surface area is 348 Å². The third-order valence-corrected chi connectivity index (χ3v) is 10.4. The van der Waals surface area contributed by atoms with E-state index < -0.39 is 11.9 Å². The standard InChI is InChI=1S/C43H34Cl4N2O8/c1-43(2,25-3-11-29(12-4-25)56-31-15-7-27(8-16-31)48-41(50)39-37(46)21-22-38(47)40(39)42(51)52)26-5-13-30(14-6-26)57-32-17-9-28(10-18-32)49-54-23-33-34(24-55-53)36(45)20-19-35(33)44/h3-22,49,53H,23-24H2,1-2H3,(H,48,50)(H,51,52). The van der Waals surface area contributed by atoms with Crippen molar-refractivity contribution in [3.05, 3.63) is 175 Å². The molecule has 4 N–H and O–H groups in total. The van der Waals surface area contributed by atoms with E-state index in [2.05, 4.69) is 29.5 Å². The van der Waals surface area contributed by atoms with Crippen LogP contribution in [0.15, 0.2) is 121 Å². The first-order valence-corrected chi connectivity index (χ1v) is 18.7. The number of hydrogen-bond donors (Lipinski definition) is 4. The number of carbonyl (C=O) groups is 2. The summed E-state index contributed by atoms with van der Waals surface area (Å²) < 4.78 is 12.1. The maximum absolute atomic E-state index is 12.9. The molecule has 0 saturated heterocycles. The number of benzene rings is 6. The molecule has 6 rings (SSSR count). The summed E-state index contributed by atoms with van der Waals surface area (Å²) >= 11 is 24.7. The average molecular weight is 849 g/mol. The topological polar surface area (TPSA) is 136 Å². The van der Waals surface area contributed by atoms with Gasteiger partial charge in [0.05, 0.1) is 26.9 Å². The van der Waals surface area contributed by atoms with Crippen molar-refractivity contribution >= 4 is 69.7 Å². The number of hydrogen-bond acceptors (Lipinski definition) is 8. The van der Waals surface area contributed by atoms with Crippen LogP contribution in [0.4, 0.5) is 11.4 Å². The highest BCUT2D eigenvalue weighted by Gasteiger charge is 2.25. The minimum Gasteiger partial charge on any atom is -0.478 e. The quantitative estimate of drug-likeness (QED) is 0.0588. The van der Waals surface area contributed by atoms with Gasteiger partial charge in [-0.1, -0.05) is 84.5 Å². The lowest BCUT2D eigenvalue weighted by Gasteiger charge is -2.26. The molecule has 1 amide bonds. The van der Waals surface area contributed by atoms with Crippen molar-refractivity contribution in [1.29, 1.82) is 0 Å². The Morgan fingerprint density at radius 2 is 0.965 bits per heavy atom. The molecule has 10 nitrogen and oxygen atoms in total. The summed E-state index contributed by atoms with van der Waals surface area (Å²) in [6, 6.07) is 35.6. The maximum Gasteiger partial charge on any atom is 0.338 e. The minimum atomic E-state index is -1.36. The van der Waals surface area contributed by atoms with Gasteiger partial charge in [-0.2, -0.15) is 0 Å². The first-order valence-electron chi connectivity index (χ1n) is 17.2. The minimum absolute atomic E-state index is 0.0302. The highest BCUT2D eigenvalue weighted by Crippen LogP contribution is 2.36. The Hall–Kier alpha value is -5.30. The van der Waals surface area contributed by atoms with Crippen molar-refractivity contribution in [3.8, 4) is 23.0 Å². The second kappa shape index (κ2) is 18.3. The summed E-state index contributed by atoms with van der Waals surface area (Å²) in [7, 11) is 0. The van der Waals surface area contributed by atoms with Crippen LogP contribution < -0.4 is 20.3 Å². The molecule has 0 atom stereocenters. The molecule has 0 spiro atoms. The molecule has 0 heterocycles. The number of rotatable bonds is 15. The van der Waals surface area contributed by atoms with Crippen molar-refractivity contribution in [1.82, 2.24) is 0 Å². The van der Waals surface area contributed by atoms with Gasteiger partial charge in [0.25, 0.3) is 5.91 Å². The predicted octanol–water partition coefficient (Wildman–Crippen LogP) is 12.7. The van der Waals surface area contributed by atoms with Crippen LogP contribution in [0.5, 0.6) is 23.0 Å². The van der Waals surface area contributed by atoms with Gasteiger partial charge in [0.15, 0.2) is 0 Å². The van der Waals surface area contributed by atoms with Crippen molar-refractivity contribution in [3.63, 3.8) is 0 Å². The van der Waals surface area contributed by atoms with Crippen LogP contribution >= 0.6 is 46.4 Å². The number of carbonyl (C=O) groups excluding carboxylic acids is 1. The van der Waals surface area contributed by atoms with E-state index in [-0.39, 0.29) is 39.8 Å². The van der Waals surface area contributed by atoms with E-state index in [0.717, 1.165) is 11.1 Å². The highest BCUT2D eigenvalue weighted by molar-refractivity contribution is 6.39. The van der Waals surface area contributed by atoms with Crippen LogP contribution in [0.3, 0.4) is 0 Å². The molecule has 6 aromatic carbocycles. The van der Waals surface area contributed by atoms with E-state index >= 15 is 0 Å². The van der Waals surface area contributed by atoms with E-state index in [1.807, 2.05) is 72.8 Å². The summed E-state index contributed by atoms with van der Waals surface area (Å²) in [5.41, 5.74) is 6.32. The molecule has 0 aliphatic rings. The maximum atomic E-state index is 12.9. The largest absolute Gasteiger partial charge is 0.478 e. The number of halogens is 4. The third-order valence-electron chi connectivity index (χ3n) is 9.07. The van der Waals surface area contributed by atoms with Gasteiger partial charge >= 0.3 is 5.97 Å². The number of amides is 1. The number of ether oxygens (including phenoxy) is 2. The van der Waals surface area contributed by atoms with Gasteiger partial charge in [0.2, 0.25) is 0 Å². The van der Waals surface area contributed by atoms with Crippen LogP contribution in [-0.4, -0.2) is 22.2 Å². The van der Waals surface area contributed by atoms with E-state index in [1.165, 1.54) is 12.1 Å². The van der Waals surface area contributed by atoms with Crippen LogP contribution in [-0.2, 0) is 28.4 Å². The first kappa shape index (κ1) is 41.3. The Kier molecular flexibility index (Phi) is 13.3. The van der Waals surface area contributed by atoms with Crippen molar-refractivity contribution in [2.24, 2.45) is 0 Å². The fourth-order valence-corrected chi connectivity index (χ4v) is 6.84. The van der Waals surface area contributed by atoms with Crippen LogP contribution in [0.1, 0.15) is 56.8 Å². The molecule has 0 aliphatic carbocycles. The van der Waals surface area contributed by atoms with Crippen molar-refractivity contribution in [2.75, 3.05) is 10.8 Å². The zero-order valence-corrected chi connectivity index (χ0v) is 33.3. The molecule has 0 saturated carbocycles. The Morgan fingerprint density at radius 3 is 1.42 bits per heavy atom. The molecular formula is C43H34Cl4N2O8. The highest BCUT2D eigenvalue weighted by atomic mass is 35.5. The number of carboxylic acids is 1. The van der Waals surface area contributed by atoms with Crippen LogP contribution in [0.2, 0.25) is 20.1 Å². The summed E-state index contributed by atoms with van der Waals surface area (Å²) in [5.74, 6) is 0.399. The van der Waals surface area contributed by atoms with E-state index in [4.69, 9.17) is 66.0 Å². The average Bonchev–Trinajstić information content (AvgIpc) is 3.19. The lowest BCUT2D eigenvalue weighted by molar-refractivity contribution is -0.253. The van der Waals surface area contributed by atoms with E-state index in [1.54, 1.807) is 36.4 Å². The molecule has 0 radical (unpaired) electrons. The summed E-state index contributed by atoms with van der Waals surface area (Å²) in [6.07, 6.45) is 0. The monoisotopic (exact) mass is 846 g/mol. The zero-order valence-electron chi connectivity index (χ0n) is 30.3. The first-order chi connectivity index (χ1) is 27.3. The molecule has 0 unspecified atom stereocenters. The predicted molar refractivity (Wildman–Crippen MR) is 222 cm³/mol. The van der Waals surface area contributed by atoms with Gasteiger partial charge in [-0.3, -0.25) is 20.4 Å². The number of anilines is 2. The summed E-state index contributed by atoms with van der Waals surface area (Å²) in [4.78, 5) is 34.5. The van der Waals surface area contributed by atoms with Gasteiger partial charge in [-0.25, -0.2) is 9.68 Å². The smallest absolute Gasteiger partial charge is 0.338 e. The normalized spacial score (nSPS) is 11.2. The van der Waals surface area contributed by atoms with Crippen LogP contribution in [0, 0.1) is 0 Å². The van der Waals surface area contributed by atoms with Gasteiger partial charge in [-0.15, -0.1) is 0 Å². The van der Waals surface area contributed by atoms with E-state index in [0.29, 0.717) is 55.5 Å². The number of carboxylic acid groups (broad SMARTS) is 1. The molecule has 0 fully saturated rings. The second-order valence-corrected chi connectivity index (χ2v) is 14.7. The zero-order chi connectivity index (χ0) is 40.7. The van der Waals surface area contributed by atoms with Gasteiger partial charge in [-0.05, 0) is 108 Å². The van der Waals surface area contributed by atoms with Gasteiger partial charge in [0.1, 0.15) is 36.2 Å². The summed E-state index contributed by atoms with van der Waals surface area (Å²) in [5, 5.41) is 21.8. The fraction of sp³-hybridized carbons (Fsp3) is 0.116. The number of aromatic carboxylic acids is 1. The molecule has 57 heavy (non-hydrogen) atoms.